The molecule has 0 bridgehead atoms. The van der Waals surface area contributed by atoms with Gasteiger partial charge >= 0.3 is 0 Å². The summed E-state index contributed by atoms with van der Waals surface area (Å²) >= 11 is 6.02. The van der Waals surface area contributed by atoms with Crippen LogP contribution in [0, 0.1) is 0 Å². The molecule has 4 N–H and O–H groups in total. The number of nitrogens with two attached hydrogens (primary N) is 1. The van der Waals surface area contributed by atoms with E-state index >= 15 is 0 Å². The van der Waals surface area contributed by atoms with Crippen molar-refractivity contribution in [3.8, 4) is 11.4 Å². The number of nitrogens with one attached hydrogen (secondary N) is 2. The zero-order chi connectivity index (χ0) is 13.4. The molecule has 0 aliphatic rings. The third-order valence-electron chi connectivity index (χ3n) is 2.91. The Balaban J connectivity index is 2.18. The van der Waals surface area contributed by atoms with Gasteiger partial charge in [0.25, 0.3) is 0 Å². The van der Waals surface area contributed by atoms with Crippen LogP contribution in [-0.4, -0.2) is 22.0 Å². The van der Waals surface area contributed by atoms with Crippen LogP contribution < -0.4 is 11.1 Å². The van der Waals surface area contributed by atoms with Crippen molar-refractivity contribution < 1.29 is 0 Å². The first kappa shape index (κ1) is 11.8. The minimum Gasteiger partial charge on any atom is -0.397 e. The number of hydrogen-bond donors (Lipinski definition) is 3. The van der Waals surface area contributed by atoms with E-state index < -0.39 is 0 Å². The number of aromatic amines is 1. The molecular weight excluding hydrogens is 262 g/mol. The highest BCUT2D eigenvalue weighted by atomic mass is 35.5. The van der Waals surface area contributed by atoms with Gasteiger partial charge in [0.05, 0.1) is 16.2 Å². The Kier molecular flexibility index (Phi) is 2.76. The second kappa shape index (κ2) is 4.44. The maximum absolute atomic E-state index is 6.02. The van der Waals surface area contributed by atoms with Crippen LogP contribution in [0.1, 0.15) is 0 Å². The van der Waals surface area contributed by atoms with Gasteiger partial charge in [-0.2, -0.15) is 0 Å². The van der Waals surface area contributed by atoms with Gasteiger partial charge < -0.3 is 16.0 Å². The molecule has 0 unspecified atom stereocenters. The summed E-state index contributed by atoms with van der Waals surface area (Å²) in [7, 11) is 1.82. The molecule has 3 rings (SSSR count). The quantitative estimate of drug-likeness (QED) is 0.627. The average molecular weight is 274 g/mol. The molecule has 0 atom stereocenters. The number of benzene rings is 1. The third-order valence-corrected chi connectivity index (χ3v) is 3.24. The smallest absolute Gasteiger partial charge is 0.180 e. The fraction of sp³-hybridized carbons (Fsp3) is 0.0769. The number of nitrogen functional groups attached to an aromatic ring is 1. The van der Waals surface area contributed by atoms with Crippen molar-refractivity contribution in [3.05, 3.63) is 35.4 Å². The van der Waals surface area contributed by atoms with Gasteiger partial charge in [-0.3, -0.25) is 0 Å². The molecule has 5 nitrogen and oxygen atoms in total. The maximum Gasteiger partial charge on any atom is 0.180 e. The van der Waals surface area contributed by atoms with Crippen LogP contribution in [0.25, 0.3) is 22.6 Å². The molecule has 0 aliphatic carbocycles. The topological polar surface area (TPSA) is 79.6 Å². The molecule has 0 saturated carbocycles. The van der Waals surface area contributed by atoms with E-state index in [4.69, 9.17) is 17.3 Å². The Labute approximate surface area is 114 Å². The van der Waals surface area contributed by atoms with Crippen LogP contribution in [-0.2, 0) is 0 Å². The standard InChI is InChI=1S/C13H12ClN5/c1-16-10-6-5-9-13(18-10)19-12(17-9)7-3-2-4-8(14)11(7)15/h2-6H,15H2,1H3,(H2,16,17,18,19). The molecule has 0 spiro atoms. The van der Waals surface area contributed by atoms with E-state index in [-0.39, 0.29) is 0 Å². The average Bonchev–Trinajstić information content (AvgIpc) is 2.84. The summed E-state index contributed by atoms with van der Waals surface area (Å²) in [4.78, 5) is 12.0. The predicted molar refractivity (Wildman–Crippen MR) is 78.3 cm³/mol. The number of fused-ring (bicyclic) bond motifs is 1. The highest BCUT2D eigenvalue weighted by Gasteiger charge is 2.11. The SMILES string of the molecule is CNc1ccc2[nH]c(-c3cccc(Cl)c3N)nc2n1. The Morgan fingerprint density at radius 2 is 2.05 bits per heavy atom. The minimum atomic E-state index is 0.511. The number of para-hydroxylation sites is 1. The van der Waals surface area contributed by atoms with Gasteiger partial charge in [-0.25, -0.2) is 9.97 Å². The molecule has 1 aromatic carbocycles. The largest absolute Gasteiger partial charge is 0.397 e. The first-order valence-electron chi connectivity index (χ1n) is 5.78. The summed E-state index contributed by atoms with van der Waals surface area (Å²) in [5.74, 6) is 1.43. The molecule has 0 aliphatic heterocycles. The Morgan fingerprint density at radius 3 is 2.84 bits per heavy atom. The van der Waals surface area contributed by atoms with Crippen molar-refractivity contribution in [2.45, 2.75) is 0 Å². The van der Waals surface area contributed by atoms with Gasteiger partial charge in [0, 0.05) is 12.6 Å². The zero-order valence-corrected chi connectivity index (χ0v) is 11.0. The molecule has 19 heavy (non-hydrogen) atoms. The van der Waals surface area contributed by atoms with Gasteiger partial charge in [0.2, 0.25) is 0 Å². The van der Waals surface area contributed by atoms with Crippen molar-refractivity contribution >= 4 is 34.3 Å². The number of imidazole rings is 1. The van der Waals surface area contributed by atoms with E-state index in [9.17, 15) is 0 Å². The highest BCUT2D eigenvalue weighted by molar-refractivity contribution is 6.33. The molecule has 96 valence electrons. The number of anilines is 2. The van der Waals surface area contributed by atoms with Gasteiger partial charge in [0.1, 0.15) is 11.6 Å². The van der Waals surface area contributed by atoms with Crippen LogP contribution in [0.15, 0.2) is 30.3 Å². The lowest BCUT2D eigenvalue weighted by atomic mass is 10.2. The molecule has 2 aromatic heterocycles. The number of pyridine rings is 1. The number of H-pyrrole nitrogens is 1. The summed E-state index contributed by atoms with van der Waals surface area (Å²) in [6, 6.07) is 9.27. The van der Waals surface area contributed by atoms with Crippen molar-refractivity contribution in [2.75, 3.05) is 18.1 Å². The second-order valence-electron chi connectivity index (χ2n) is 4.10. The summed E-state index contributed by atoms with van der Waals surface area (Å²) < 4.78 is 0. The predicted octanol–water partition coefficient (Wildman–Crippen LogP) is 2.90. The van der Waals surface area contributed by atoms with Crippen molar-refractivity contribution in [1.29, 1.82) is 0 Å². The van der Waals surface area contributed by atoms with E-state index in [1.807, 2.05) is 31.3 Å². The third kappa shape index (κ3) is 1.98. The number of aromatic nitrogens is 3. The van der Waals surface area contributed by atoms with Crippen molar-refractivity contribution in [1.82, 2.24) is 15.0 Å². The normalized spacial score (nSPS) is 10.8. The summed E-state index contributed by atoms with van der Waals surface area (Å²) in [5, 5.41) is 3.49. The van der Waals surface area contributed by atoms with Gasteiger partial charge in [-0.15, -0.1) is 0 Å². The van der Waals surface area contributed by atoms with Crippen LogP contribution >= 0.6 is 11.6 Å². The molecular formula is C13H12ClN5. The molecule has 0 amide bonds. The lowest BCUT2D eigenvalue weighted by Crippen LogP contribution is -1.92. The molecule has 0 saturated heterocycles. The van der Waals surface area contributed by atoms with E-state index in [0.29, 0.717) is 22.2 Å². The number of hydrogen-bond acceptors (Lipinski definition) is 4. The Morgan fingerprint density at radius 1 is 1.21 bits per heavy atom. The Hall–Kier alpha value is -2.27. The maximum atomic E-state index is 6.02. The summed E-state index contributed by atoms with van der Waals surface area (Å²) in [6.45, 7) is 0. The summed E-state index contributed by atoms with van der Waals surface area (Å²) in [6.07, 6.45) is 0. The lowest BCUT2D eigenvalue weighted by molar-refractivity contribution is 1.28. The first-order valence-corrected chi connectivity index (χ1v) is 6.15. The van der Waals surface area contributed by atoms with E-state index in [1.165, 1.54) is 0 Å². The molecule has 0 radical (unpaired) electrons. The fourth-order valence-electron chi connectivity index (χ4n) is 1.90. The molecule has 3 aromatic rings. The number of halogens is 1. The molecule has 0 fully saturated rings. The Bertz CT molecular complexity index is 750. The van der Waals surface area contributed by atoms with Crippen molar-refractivity contribution in [3.63, 3.8) is 0 Å². The first-order chi connectivity index (χ1) is 9.19. The second-order valence-corrected chi connectivity index (χ2v) is 4.51. The van der Waals surface area contributed by atoms with E-state index in [1.54, 1.807) is 6.07 Å². The minimum absolute atomic E-state index is 0.511. The lowest BCUT2D eigenvalue weighted by Gasteiger charge is -2.03. The summed E-state index contributed by atoms with van der Waals surface area (Å²) in [5.41, 5.74) is 8.75. The van der Waals surface area contributed by atoms with Gasteiger partial charge in [0.15, 0.2) is 5.65 Å². The van der Waals surface area contributed by atoms with E-state index in [0.717, 1.165) is 16.9 Å². The van der Waals surface area contributed by atoms with Crippen LogP contribution in [0.3, 0.4) is 0 Å². The zero-order valence-electron chi connectivity index (χ0n) is 10.2. The highest BCUT2D eigenvalue weighted by Crippen LogP contribution is 2.30. The number of rotatable bonds is 2. The monoisotopic (exact) mass is 273 g/mol. The number of nitrogens with zero attached hydrogens (tertiary/aromatic N) is 2. The van der Waals surface area contributed by atoms with E-state index in [2.05, 4.69) is 20.3 Å². The van der Waals surface area contributed by atoms with Crippen LogP contribution in [0.2, 0.25) is 5.02 Å². The van der Waals surface area contributed by atoms with Crippen LogP contribution in [0.5, 0.6) is 0 Å². The molecule has 6 heteroatoms. The van der Waals surface area contributed by atoms with Gasteiger partial charge in [-0.05, 0) is 24.3 Å². The van der Waals surface area contributed by atoms with Crippen molar-refractivity contribution in [2.24, 2.45) is 0 Å². The van der Waals surface area contributed by atoms with Gasteiger partial charge in [-0.1, -0.05) is 17.7 Å². The molecule has 2 heterocycles. The van der Waals surface area contributed by atoms with Crippen LogP contribution in [0.4, 0.5) is 11.5 Å². The fourth-order valence-corrected chi connectivity index (χ4v) is 2.08.